The van der Waals surface area contributed by atoms with Gasteiger partial charge in [0, 0.05) is 11.1 Å². The van der Waals surface area contributed by atoms with Gasteiger partial charge in [0.2, 0.25) is 0 Å². The first-order valence-corrected chi connectivity index (χ1v) is 5.29. The van der Waals surface area contributed by atoms with E-state index in [1.165, 1.54) is 5.56 Å². The average Bonchev–Trinajstić information content (AvgIpc) is 2.15. The van der Waals surface area contributed by atoms with Gasteiger partial charge in [0.15, 0.2) is 0 Å². The van der Waals surface area contributed by atoms with Crippen molar-refractivity contribution in [2.75, 3.05) is 11.7 Å². The van der Waals surface area contributed by atoms with E-state index in [0.717, 1.165) is 16.8 Å². The lowest BCUT2D eigenvalue weighted by molar-refractivity contribution is 0.414. The standard InChI is InChI=1S/C9H12INO/c1-12-9-4-2-8(3-5-9)6-11-7-10/h2-5,11H,6-7H2,1H3. The molecule has 12 heavy (non-hydrogen) atoms. The number of hydrogen-bond donors (Lipinski definition) is 1. The molecule has 0 aromatic heterocycles. The normalized spacial score (nSPS) is 9.83. The van der Waals surface area contributed by atoms with Crippen molar-refractivity contribution in [1.29, 1.82) is 0 Å². The van der Waals surface area contributed by atoms with Crippen molar-refractivity contribution in [3.63, 3.8) is 0 Å². The summed E-state index contributed by atoms with van der Waals surface area (Å²) in [6.07, 6.45) is 0. The summed E-state index contributed by atoms with van der Waals surface area (Å²) in [7, 11) is 1.68. The van der Waals surface area contributed by atoms with E-state index in [2.05, 4.69) is 40.0 Å². The molecule has 0 amide bonds. The Kier molecular flexibility index (Phi) is 4.39. The first-order chi connectivity index (χ1) is 5.86. The fraction of sp³-hybridized carbons (Fsp3) is 0.333. The largest absolute Gasteiger partial charge is 0.497 e. The summed E-state index contributed by atoms with van der Waals surface area (Å²) in [4.78, 5) is 0. The van der Waals surface area contributed by atoms with Gasteiger partial charge in [-0.15, -0.1) is 0 Å². The number of benzene rings is 1. The van der Waals surface area contributed by atoms with E-state index in [-0.39, 0.29) is 0 Å². The third kappa shape index (κ3) is 2.98. The van der Waals surface area contributed by atoms with E-state index in [0.29, 0.717) is 0 Å². The lowest BCUT2D eigenvalue weighted by atomic mass is 10.2. The fourth-order valence-electron chi connectivity index (χ4n) is 0.935. The number of ether oxygens (including phenoxy) is 1. The second-order valence-electron chi connectivity index (χ2n) is 2.41. The van der Waals surface area contributed by atoms with Crippen molar-refractivity contribution in [2.45, 2.75) is 6.54 Å². The number of methoxy groups -OCH3 is 1. The molecule has 0 saturated heterocycles. The Bertz CT molecular complexity index is 222. The summed E-state index contributed by atoms with van der Waals surface area (Å²) >= 11 is 2.29. The van der Waals surface area contributed by atoms with E-state index in [1.807, 2.05) is 12.1 Å². The molecule has 3 heteroatoms. The number of hydrogen-bond acceptors (Lipinski definition) is 2. The molecule has 0 heterocycles. The summed E-state index contributed by atoms with van der Waals surface area (Å²) in [6.45, 7) is 0.924. The van der Waals surface area contributed by atoms with Gasteiger partial charge in [0.1, 0.15) is 5.75 Å². The van der Waals surface area contributed by atoms with Crippen LogP contribution in [0.5, 0.6) is 5.75 Å². The molecule has 0 aliphatic carbocycles. The van der Waals surface area contributed by atoms with Crippen LogP contribution in [0.25, 0.3) is 0 Å². The van der Waals surface area contributed by atoms with Crippen LogP contribution in [-0.4, -0.2) is 11.7 Å². The van der Waals surface area contributed by atoms with Crippen LogP contribution < -0.4 is 10.1 Å². The minimum absolute atomic E-state index is 0.910. The van der Waals surface area contributed by atoms with Crippen molar-refractivity contribution >= 4 is 22.6 Å². The Morgan fingerprint density at radius 3 is 2.50 bits per heavy atom. The maximum atomic E-state index is 5.05. The molecular weight excluding hydrogens is 265 g/mol. The monoisotopic (exact) mass is 277 g/mol. The zero-order chi connectivity index (χ0) is 8.81. The van der Waals surface area contributed by atoms with Crippen LogP contribution in [-0.2, 0) is 6.54 Å². The highest BCUT2D eigenvalue weighted by Crippen LogP contribution is 2.10. The highest BCUT2D eigenvalue weighted by Gasteiger charge is 1.92. The van der Waals surface area contributed by atoms with Crippen molar-refractivity contribution in [3.05, 3.63) is 29.8 Å². The summed E-state index contributed by atoms with van der Waals surface area (Å²) in [5.74, 6) is 0.910. The van der Waals surface area contributed by atoms with E-state index < -0.39 is 0 Å². The second-order valence-corrected chi connectivity index (χ2v) is 3.17. The summed E-state index contributed by atoms with van der Waals surface area (Å²) in [5.41, 5.74) is 1.28. The van der Waals surface area contributed by atoms with Gasteiger partial charge in [0.25, 0.3) is 0 Å². The Labute approximate surface area is 86.5 Å². The number of halogens is 1. The van der Waals surface area contributed by atoms with E-state index in [4.69, 9.17) is 4.74 Å². The average molecular weight is 277 g/mol. The van der Waals surface area contributed by atoms with Crippen LogP contribution in [0.4, 0.5) is 0 Å². The van der Waals surface area contributed by atoms with Gasteiger partial charge in [-0.3, -0.25) is 0 Å². The molecule has 1 aromatic rings. The molecule has 1 rings (SSSR count). The molecule has 0 fully saturated rings. The smallest absolute Gasteiger partial charge is 0.118 e. The molecule has 66 valence electrons. The van der Waals surface area contributed by atoms with E-state index in [9.17, 15) is 0 Å². The van der Waals surface area contributed by atoms with Gasteiger partial charge >= 0.3 is 0 Å². The molecule has 0 radical (unpaired) electrons. The van der Waals surface area contributed by atoms with Gasteiger partial charge in [-0.2, -0.15) is 0 Å². The Morgan fingerprint density at radius 1 is 1.33 bits per heavy atom. The van der Waals surface area contributed by atoms with Crippen molar-refractivity contribution in [2.24, 2.45) is 0 Å². The van der Waals surface area contributed by atoms with Crippen LogP contribution in [0.15, 0.2) is 24.3 Å². The maximum absolute atomic E-state index is 5.05. The molecule has 0 spiro atoms. The lowest BCUT2D eigenvalue weighted by Crippen LogP contribution is -2.09. The maximum Gasteiger partial charge on any atom is 0.118 e. The molecule has 0 bridgehead atoms. The van der Waals surface area contributed by atoms with Gasteiger partial charge in [-0.05, 0) is 17.7 Å². The van der Waals surface area contributed by atoms with Crippen LogP contribution >= 0.6 is 22.6 Å². The van der Waals surface area contributed by atoms with Gasteiger partial charge in [-0.1, -0.05) is 34.7 Å². The first kappa shape index (κ1) is 9.80. The third-order valence-corrected chi connectivity index (χ3v) is 2.12. The molecule has 0 aliphatic heterocycles. The molecular formula is C9H12INO. The molecule has 0 saturated carbocycles. The van der Waals surface area contributed by atoms with Crippen LogP contribution in [0.2, 0.25) is 0 Å². The van der Waals surface area contributed by atoms with Crippen LogP contribution in [0.1, 0.15) is 5.56 Å². The predicted molar refractivity (Wildman–Crippen MR) is 58.7 cm³/mol. The molecule has 0 unspecified atom stereocenters. The number of alkyl halides is 1. The lowest BCUT2D eigenvalue weighted by Gasteiger charge is -2.02. The predicted octanol–water partition coefficient (Wildman–Crippen LogP) is 2.18. The minimum Gasteiger partial charge on any atom is -0.497 e. The van der Waals surface area contributed by atoms with Gasteiger partial charge < -0.3 is 10.1 Å². The Balaban J connectivity index is 2.53. The first-order valence-electron chi connectivity index (χ1n) is 3.76. The Hall–Kier alpha value is -0.290. The zero-order valence-electron chi connectivity index (χ0n) is 7.01. The minimum atomic E-state index is 0.910. The summed E-state index contributed by atoms with van der Waals surface area (Å²) < 4.78 is 6.03. The Morgan fingerprint density at radius 2 is 2.00 bits per heavy atom. The summed E-state index contributed by atoms with van der Waals surface area (Å²) in [5, 5.41) is 3.25. The van der Waals surface area contributed by atoms with E-state index >= 15 is 0 Å². The third-order valence-electron chi connectivity index (χ3n) is 1.58. The fourth-order valence-corrected chi connectivity index (χ4v) is 1.20. The molecule has 2 nitrogen and oxygen atoms in total. The van der Waals surface area contributed by atoms with Crippen LogP contribution in [0, 0.1) is 0 Å². The molecule has 1 N–H and O–H groups in total. The van der Waals surface area contributed by atoms with E-state index in [1.54, 1.807) is 7.11 Å². The molecule has 1 aromatic carbocycles. The highest BCUT2D eigenvalue weighted by atomic mass is 127. The van der Waals surface area contributed by atoms with Gasteiger partial charge in [0.05, 0.1) is 7.11 Å². The van der Waals surface area contributed by atoms with Crippen molar-refractivity contribution in [3.8, 4) is 5.75 Å². The van der Waals surface area contributed by atoms with Crippen molar-refractivity contribution < 1.29 is 4.74 Å². The number of rotatable bonds is 4. The quantitative estimate of drug-likeness (QED) is 0.517. The molecule has 0 aliphatic rings. The molecule has 0 atom stereocenters. The SMILES string of the molecule is COc1ccc(CNCI)cc1. The van der Waals surface area contributed by atoms with Gasteiger partial charge in [-0.25, -0.2) is 0 Å². The van der Waals surface area contributed by atoms with Crippen molar-refractivity contribution in [1.82, 2.24) is 5.32 Å². The van der Waals surface area contributed by atoms with Crippen LogP contribution in [0.3, 0.4) is 0 Å². The highest BCUT2D eigenvalue weighted by molar-refractivity contribution is 14.1. The number of nitrogens with one attached hydrogen (secondary N) is 1. The second kappa shape index (κ2) is 5.37. The zero-order valence-corrected chi connectivity index (χ0v) is 9.17. The topological polar surface area (TPSA) is 21.3 Å². The summed E-state index contributed by atoms with van der Waals surface area (Å²) in [6, 6.07) is 8.09.